The Morgan fingerprint density at radius 3 is 2.12 bits per heavy atom. The summed E-state index contributed by atoms with van der Waals surface area (Å²) in [6.07, 6.45) is 0.475. The second-order valence-electron chi connectivity index (χ2n) is 4.38. The first-order valence-electron chi connectivity index (χ1n) is 5.77. The van der Waals surface area contributed by atoms with Crippen LogP contribution in [0.3, 0.4) is 0 Å². The maximum Gasteiger partial charge on any atom is 0.218 e. The number of aliphatic hydroxyl groups excluding tert-OH is 1. The van der Waals surface area contributed by atoms with E-state index in [0.717, 1.165) is 0 Å². The molecule has 0 aliphatic heterocycles. The average molecular weight is 249 g/mol. The number of aliphatic hydroxyl groups is 1. The summed E-state index contributed by atoms with van der Waals surface area (Å²) in [5.41, 5.74) is 0. The monoisotopic (exact) mass is 249 g/mol. The van der Waals surface area contributed by atoms with Gasteiger partial charge >= 0.3 is 0 Å². The van der Waals surface area contributed by atoms with Gasteiger partial charge in [0.15, 0.2) is 6.29 Å². The Balaban J connectivity index is 4.53. The van der Waals surface area contributed by atoms with Gasteiger partial charge in [-0.05, 0) is 6.42 Å². The van der Waals surface area contributed by atoms with Crippen molar-refractivity contribution in [1.82, 2.24) is 0 Å². The molecule has 0 saturated heterocycles. The SMILES string of the molecule is COC(C[C@@H](C)C([C@@H](C)CCO)[N+](=O)[O-])OC. The number of rotatable bonds is 9. The molecule has 0 amide bonds. The van der Waals surface area contributed by atoms with Gasteiger partial charge in [-0.25, -0.2) is 0 Å². The molecule has 6 heteroatoms. The van der Waals surface area contributed by atoms with Crippen LogP contribution in [-0.2, 0) is 9.47 Å². The Bertz CT molecular complexity index is 220. The Morgan fingerprint density at radius 2 is 1.76 bits per heavy atom. The van der Waals surface area contributed by atoms with E-state index in [1.165, 1.54) is 14.2 Å². The molecular weight excluding hydrogens is 226 g/mol. The van der Waals surface area contributed by atoms with Gasteiger partial charge in [-0.2, -0.15) is 0 Å². The van der Waals surface area contributed by atoms with E-state index in [-0.39, 0.29) is 23.4 Å². The second kappa shape index (κ2) is 8.38. The summed E-state index contributed by atoms with van der Waals surface area (Å²) >= 11 is 0. The second-order valence-corrected chi connectivity index (χ2v) is 4.38. The molecule has 0 aliphatic carbocycles. The molecule has 6 nitrogen and oxygen atoms in total. The van der Waals surface area contributed by atoms with Crippen molar-refractivity contribution in [2.75, 3.05) is 20.8 Å². The van der Waals surface area contributed by atoms with Crippen LogP contribution in [0.2, 0.25) is 0 Å². The zero-order valence-electron chi connectivity index (χ0n) is 11.0. The van der Waals surface area contributed by atoms with E-state index in [0.29, 0.717) is 12.8 Å². The molecule has 0 heterocycles. The van der Waals surface area contributed by atoms with E-state index in [1.54, 1.807) is 6.92 Å². The quantitative estimate of drug-likeness (QED) is 0.378. The lowest BCUT2D eigenvalue weighted by atomic mass is 9.87. The summed E-state index contributed by atoms with van der Waals surface area (Å²) in [4.78, 5) is 10.8. The molecule has 3 atom stereocenters. The maximum absolute atomic E-state index is 11.1. The van der Waals surface area contributed by atoms with Crippen LogP contribution in [0.5, 0.6) is 0 Å². The molecule has 0 bridgehead atoms. The molecule has 0 aromatic rings. The fourth-order valence-electron chi connectivity index (χ4n) is 2.08. The van der Waals surface area contributed by atoms with Gasteiger partial charge in [-0.3, -0.25) is 10.1 Å². The van der Waals surface area contributed by atoms with Crippen LogP contribution in [0.25, 0.3) is 0 Å². The van der Waals surface area contributed by atoms with Gasteiger partial charge in [0, 0.05) is 44.0 Å². The van der Waals surface area contributed by atoms with Crippen molar-refractivity contribution in [2.45, 2.75) is 39.0 Å². The van der Waals surface area contributed by atoms with Gasteiger partial charge in [0.25, 0.3) is 0 Å². The summed E-state index contributed by atoms with van der Waals surface area (Å²) in [7, 11) is 3.03. The van der Waals surface area contributed by atoms with Crippen LogP contribution >= 0.6 is 0 Å². The largest absolute Gasteiger partial charge is 0.396 e. The van der Waals surface area contributed by atoms with E-state index in [9.17, 15) is 10.1 Å². The lowest BCUT2D eigenvalue weighted by molar-refractivity contribution is -0.542. The Hall–Kier alpha value is -0.720. The number of hydrogen-bond donors (Lipinski definition) is 1. The van der Waals surface area contributed by atoms with Gasteiger partial charge in [-0.15, -0.1) is 0 Å². The minimum Gasteiger partial charge on any atom is -0.396 e. The molecular formula is C11H23NO5. The van der Waals surface area contributed by atoms with Gasteiger partial charge in [0.1, 0.15) is 0 Å². The van der Waals surface area contributed by atoms with Crippen molar-refractivity contribution in [2.24, 2.45) is 11.8 Å². The number of ether oxygens (including phenoxy) is 2. The molecule has 0 aromatic carbocycles. The summed E-state index contributed by atoms with van der Waals surface area (Å²) in [5, 5.41) is 19.9. The Kier molecular flexibility index (Phi) is 8.03. The van der Waals surface area contributed by atoms with E-state index < -0.39 is 12.3 Å². The summed E-state index contributed by atoms with van der Waals surface area (Å²) < 4.78 is 10.1. The van der Waals surface area contributed by atoms with E-state index in [1.807, 2.05) is 6.92 Å². The number of nitrogens with zero attached hydrogens (tertiary/aromatic N) is 1. The van der Waals surface area contributed by atoms with Gasteiger partial charge in [-0.1, -0.05) is 13.8 Å². The molecule has 0 spiro atoms. The zero-order valence-corrected chi connectivity index (χ0v) is 11.0. The third-order valence-corrected chi connectivity index (χ3v) is 3.08. The highest BCUT2D eigenvalue weighted by Crippen LogP contribution is 2.23. The van der Waals surface area contributed by atoms with Crippen LogP contribution in [0.4, 0.5) is 0 Å². The molecule has 1 N–H and O–H groups in total. The van der Waals surface area contributed by atoms with Crippen molar-refractivity contribution >= 4 is 0 Å². The molecule has 0 rings (SSSR count). The number of methoxy groups -OCH3 is 2. The molecule has 0 saturated carbocycles. The molecule has 17 heavy (non-hydrogen) atoms. The van der Waals surface area contributed by atoms with Gasteiger partial charge < -0.3 is 14.6 Å². The smallest absolute Gasteiger partial charge is 0.218 e. The Morgan fingerprint density at radius 1 is 1.24 bits per heavy atom. The van der Waals surface area contributed by atoms with Crippen LogP contribution in [0, 0.1) is 22.0 Å². The van der Waals surface area contributed by atoms with Crippen molar-refractivity contribution < 1.29 is 19.5 Å². The minimum atomic E-state index is -0.685. The van der Waals surface area contributed by atoms with Crippen molar-refractivity contribution in [3.05, 3.63) is 10.1 Å². The highest BCUT2D eigenvalue weighted by Gasteiger charge is 2.34. The average Bonchev–Trinajstić information content (AvgIpc) is 2.25. The first-order valence-corrected chi connectivity index (χ1v) is 5.77. The molecule has 0 aromatic heterocycles. The minimum absolute atomic E-state index is 0.0315. The number of nitro groups is 1. The highest BCUT2D eigenvalue weighted by atomic mass is 16.7. The fraction of sp³-hybridized carbons (Fsp3) is 1.00. The first-order chi connectivity index (χ1) is 7.97. The van der Waals surface area contributed by atoms with Crippen molar-refractivity contribution in [3.8, 4) is 0 Å². The predicted molar refractivity (Wildman–Crippen MR) is 63.2 cm³/mol. The lowest BCUT2D eigenvalue weighted by Gasteiger charge is -2.24. The molecule has 1 unspecified atom stereocenters. The Labute approximate surface area is 102 Å². The van der Waals surface area contributed by atoms with Crippen LogP contribution in [0.15, 0.2) is 0 Å². The summed E-state index contributed by atoms with van der Waals surface area (Å²) in [6.45, 7) is 3.57. The van der Waals surface area contributed by atoms with E-state index >= 15 is 0 Å². The molecule has 102 valence electrons. The zero-order chi connectivity index (χ0) is 13.4. The van der Waals surface area contributed by atoms with E-state index in [4.69, 9.17) is 14.6 Å². The third-order valence-electron chi connectivity index (χ3n) is 3.08. The van der Waals surface area contributed by atoms with E-state index in [2.05, 4.69) is 0 Å². The van der Waals surface area contributed by atoms with Crippen molar-refractivity contribution in [1.29, 1.82) is 0 Å². The van der Waals surface area contributed by atoms with Crippen LogP contribution in [0.1, 0.15) is 26.7 Å². The molecule has 0 radical (unpaired) electrons. The van der Waals surface area contributed by atoms with Crippen LogP contribution in [-0.4, -0.2) is 43.2 Å². The molecule has 0 fully saturated rings. The van der Waals surface area contributed by atoms with Gasteiger partial charge in [0.2, 0.25) is 6.04 Å². The number of hydrogen-bond acceptors (Lipinski definition) is 5. The first kappa shape index (κ1) is 16.3. The molecule has 0 aliphatic rings. The topological polar surface area (TPSA) is 81.8 Å². The summed E-state index contributed by atoms with van der Waals surface area (Å²) in [6, 6.07) is -0.685. The fourth-order valence-corrected chi connectivity index (χ4v) is 2.08. The standard InChI is InChI=1S/C11H23NO5/c1-8(5-6-13)11(12(14)15)9(2)7-10(16-3)17-4/h8-11,13H,5-7H2,1-4H3/t8-,9+,11?/m0/s1. The van der Waals surface area contributed by atoms with Crippen molar-refractivity contribution in [3.63, 3.8) is 0 Å². The summed E-state index contributed by atoms with van der Waals surface area (Å²) in [5.74, 6) is -0.337. The lowest BCUT2D eigenvalue weighted by Crippen LogP contribution is -2.36. The van der Waals surface area contributed by atoms with Gasteiger partial charge in [0.05, 0.1) is 0 Å². The normalized spacial score (nSPS) is 16.8. The third kappa shape index (κ3) is 5.43. The predicted octanol–water partition coefficient (Wildman–Crippen LogP) is 1.30. The van der Waals surface area contributed by atoms with Crippen LogP contribution < -0.4 is 0 Å². The highest BCUT2D eigenvalue weighted by molar-refractivity contribution is 4.73. The maximum atomic E-state index is 11.1.